The molecule has 0 aliphatic carbocycles. The second-order valence-electron chi connectivity index (χ2n) is 6.92. The molecule has 1 saturated heterocycles. The van der Waals surface area contributed by atoms with Crippen molar-refractivity contribution in [1.82, 2.24) is 25.0 Å². The molecule has 0 saturated carbocycles. The van der Waals surface area contributed by atoms with E-state index in [-0.39, 0.29) is 23.2 Å². The maximum Gasteiger partial charge on any atom is 0.289 e. The van der Waals surface area contributed by atoms with Gasteiger partial charge in [-0.15, -0.1) is 0 Å². The van der Waals surface area contributed by atoms with Crippen molar-refractivity contribution in [3.63, 3.8) is 0 Å². The molecule has 0 N–H and O–H groups in total. The first kappa shape index (κ1) is 18.9. The lowest BCUT2D eigenvalue weighted by atomic mass is 10.2. The number of anilines is 1. The van der Waals surface area contributed by atoms with E-state index in [0.29, 0.717) is 43.3 Å². The summed E-state index contributed by atoms with van der Waals surface area (Å²) in [6.45, 7) is 2.14. The number of rotatable bonds is 4. The predicted molar refractivity (Wildman–Crippen MR) is 108 cm³/mol. The smallest absolute Gasteiger partial charge is 0.289 e. The number of halogens is 1. The lowest BCUT2D eigenvalue weighted by Gasteiger charge is -2.35. The quantitative estimate of drug-likeness (QED) is 0.497. The fourth-order valence-electron chi connectivity index (χ4n) is 3.49. The van der Waals surface area contributed by atoms with Crippen LogP contribution in [-0.2, 0) is 0 Å². The van der Waals surface area contributed by atoms with E-state index in [4.69, 9.17) is 8.94 Å². The highest BCUT2D eigenvalue weighted by atomic mass is 19.1. The first-order chi connectivity index (χ1) is 15.2. The molecule has 0 bridgehead atoms. The Hall–Kier alpha value is -4.08. The zero-order valence-electron chi connectivity index (χ0n) is 16.3. The Morgan fingerprint density at radius 2 is 1.87 bits per heavy atom. The molecular weight excluding hydrogens is 403 g/mol. The minimum Gasteiger partial charge on any atom is -0.459 e. The van der Waals surface area contributed by atoms with E-state index in [1.54, 1.807) is 41.4 Å². The molecule has 1 aliphatic heterocycles. The second kappa shape index (κ2) is 7.98. The van der Waals surface area contributed by atoms with Gasteiger partial charge in [-0.05, 0) is 24.3 Å². The average Bonchev–Trinajstić information content (AvgIpc) is 3.52. The number of benzene rings is 1. The molecule has 4 heterocycles. The van der Waals surface area contributed by atoms with Gasteiger partial charge in [0.25, 0.3) is 11.8 Å². The molecule has 0 unspecified atom stereocenters. The highest BCUT2D eigenvalue weighted by Crippen LogP contribution is 2.30. The maximum atomic E-state index is 14.1. The van der Waals surface area contributed by atoms with Crippen molar-refractivity contribution in [2.24, 2.45) is 0 Å². The van der Waals surface area contributed by atoms with Crippen molar-refractivity contribution < 1.29 is 18.1 Å². The summed E-state index contributed by atoms with van der Waals surface area (Å²) in [5.74, 6) is 0.710. The molecular formula is C21H17FN6O3. The Bertz CT molecular complexity index is 1200. The van der Waals surface area contributed by atoms with E-state index in [9.17, 15) is 9.18 Å². The Morgan fingerprint density at radius 1 is 1.03 bits per heavy atom. The summed E-state index contributed by atoms with van der Waals surface area (Å²) in [4.78, 5) is 29.0. The summed E-state index contributed by atoms with van der Waals surface area (Å²) in [6.07, 6.45) is 4.51. The molecule has 9 nitrogen and oxygen atoms in total. The molecule has 10 heteroatoms. The van der Waals surface area contributed by atoms with Crippen molar-refractivity contribution in [2.45, 2.75) is 0 Å². The van der Waals surface area contributed by atoms with Crippen LogP contribution >= 0.6 is 0 Å². The van der Waals surface area contributed by atoms with Crippen LogP contribution in [0, 0.1) is 5.82 Å². The fraction of sp³-hybridized carbons (Fsp3) is 0.190. The van der Waals surface area contributed by atoms with Gasteiger partial charge in [0.2, 0.25) is 5.82 Å². The molecule has 4 aromatic rings. The summed E-state index contributed by atoms with van der Waals surface area (Å²) in [5.41, 5.74) is 0.796. The van der Waals surface area contributed by atoms with Crippen LogP contribution in [0.2, 0.25) is 0 Å². The second-order valence-corrected chi connectivity index (χ2v) is 6.92. The number of furan rings is 1. The molecule has 5 rings (SSSR count). The van der Waals surface area contributed by atoms with Gasteiger partial charge < -0.3 is 18.7 Å². The monoisotopic (exact) mass is 420 g/mol. The fourth-order valence-corrected chi connectivity index (χ4v) is 3.49. The summed E-state index contributed by atoms with van der Waals surface area (Å²) >= 11 is 0. The van der Waals surface area contributed by atoms with Crippen LogP contribution in [0.3, 0.4) is 0 Å². The van der Waals surface area contributed by atoms with Gasteiger partial charge in [0.15, 0.2) is 5.76 Å². The zero-order valence-corrected chi connectivity index (χ0v) is 16.3. The standard InChI is InChI=1S/C21H17FN6O3/c22-16-5-2-1-4-14(16)18-25-20(31-26-18)15-12-23-13-24-19(15)27-7-9-28(10-8-27)21(29)17-6-3-11-30-17/h1-6,11-13H,7-10H2. The Morgan fingerprint density at radius 3 is 2.65 bits per heavy atom. The molecule has 156 valence electrons. The van der Waals surface area contributed by atoms with Crippen LogP contribution in [0.1, 0.15) is 10.6 Å². The lowest BCUT2D eigenvalue weighted by Crippen LogP contribution is -2.49. The number of amides is 1. The van der Waals surface area contributed by atoms with Crippen molar-refractivity contribution in [1.29, 1.82) is 0 Å². The molecule has 1 aromatic carbocycles. The third-order valence-electron chi connectivity index (χ3n) is 5.06. The van der Waals surface area contributed by atoms with Crippen LogP contribution < -0.4 is 4.90 Å². The van der Waals surface area contributed by atoms with Crippen LogP contribution in [0.25, 0.3) is 22.8 Å². The van der Waals surface area contributed by atoms with Crippen LogP contribution in [0.5, 0.6) is 0 Å². The number of carbonyl (C=O) groups is 1. The normalized spacial score (nSPS) is 14.1. The van der Waals surface area contributed by atoms with E-state index in [0.717, 1.165) is 0 Å². The number of piperazine rings is 1. The minimum atomic E-state index is -0.434. The largest absolute Gasteiger partial charge is 0.459 e. The van der Waals surface area contributed by atoms with Crippen LogP contribution in [0.15, 0.2) is 64.1 Å². The summed E-state index contributed by atoms with van der Waals surface area (Å²) in [6, 6.07) is 9.57. The number of aromatic nitrogens is 4. The number of nitrogens with zero attached hydrogens (tertiary/aromatic N) is 6. The minimum absolute atomic E-state index is 0.140. The van der Waals surface area contributed by atoms with Gasteiger partial charge in [-0.2, -0.15) is 4.98 Å². The van der Waals surface area contributed by atoms with E-state index in [1.165, 1.54) is 18.7 Å². The Labute approximate surface area is 176 Å². The third kappa shape index (κ3) is 3.63. The van der Waals surface area contributed by atoms with Gasteiger partial charge in [-0.25, -0.2) is 14.4 Å². The maximum absolute atomic E-state index is 14.1. The van der Waals surface area contributed by atoms with Crippen LogP contribution in [0.4, 0.5) is 10.2 Å². The van der Waals surface area contributed by atoms with Gasteiger partial charge in [-0.1, -0.05) is 17.3 Å². The van der Waals surface area contributed by atoms with Crippen molar-refractivity contribution in [2.75, 3.05) is 31.1 Å². The molecule has 1 fully saturated rings. The molecule has 0 atom stereocenters. The Balaban J connectivity index is 1.36. The van der Waals surface area contributed by atoms with Gasteiger partial charge in [0.1, 0.15) is 23.5 Å². The molecule has 31 heavy (non-hydrogen) atoms. The van der Waals surface area contributed by atoms with E-state index in [1.807, 2.05) is 4.90 Å². The van der Waals surface area contributed by atoms with Crippen molar-refractivity contribution >= 4 is 11.7 Å². The molecule has 1 amide bonds. The molecule has 0 spiro atoms. The molecule has 0 radical (unpaired) electrons. The highest BCUT2D eigenvalue weighted by Gasteiger charge is 2.27. The SMILES string of the molecule is O=C(c1ccco1)N1CCN(c2ncncc2-c2nc(-c3ccccc3F)no2)CC1. The Kier molecular flexibility index (Phi) is 4.87. The van der Waals surface area contributed by atoms with Gasteiger partial charge >= 0.3 is 0 Å². The molecule has 1 aliphatic rings. The molecule has 3 aromatic heterocycles. The topological polar surface area (TPSA) is 101 Å². The third-order valence-corrected chi connectivity index (χ3v) is 5.06. The average molecular weight is 420 g/mol. The summed E-state index contributed by atoms with van der Waals surface area (Å²) in [7, 11) is 0. The van der Waals surface area contributed by atoms with Crippen LogP contribution in [-0.4, -0.2) is 57.1 Å². The van der Waals surface area contributed by atoms with Gasteiger partial charge in [0, 0.05) is 32.4 Å². The van der Waals surface area contributed by atoms with Crippen molar-refractivity contribution in [3.05, 3.63) is 66.8 Å². The first-order valence-electron chi connectivity index (χ1n) is 9.67. The van der Waals surface area contributed by atoms with E-state index < -0.39 is 5.82 Å². The van der Waals surface area contributed by atoms with Gasteiger partial charge in [-0.3, -0.25) is 4.79 Å². The van der Waals surface area contributed by atoms with E-state index >= 15 is 0 Å². The highest BCUT2D eigenvalue weighted by molar-refractivity contribution is 5.91. The first-order valence-corrected chi connectivity index (χ1v) is 9.67. The lowest BCUT2D eigenvalue weighted by molar-refractivity contribution is 0.0714. The van der Waals surface area contributed by atoms with E-state index in [2.05, 4.69) is 20.1 Å². The number of carbonyl (C=O) groups excluding carboxylic acids is 1. The summed E-state index contributed by atoms with van der Waals surface area (Å²) < 4.78 is 24.7. The van der Waals surface area contributed by atoms with Gasteiger partial charge in [0.05, 0.1) is 11.8 Å². The number of hydrogen-bond acceptors (Lipinski definition) is 8. The summed E-state index contributed by atoms with van der Waals surface area (Å²) in [5, 5.41) is 3.91. The predicted octanol–water partition coefficient (Wildman–Crippen LogP) is 2.89. The number of hydrogen-bond donors (Lipinski definition) is 0. The van der Waals surface area contributed by atoms with Crippen molar-refractivity contribution in [3.8, 4) is 22.8 Å². The zero-order chi connectivity index (χ0) is 21.2.